The fourth-order valence-corrected chi connectivity index (χ4v) is 1.99. The second-order valence-electron chi connectivity index (χ2n) is 4.23. The van der Waals surface area contributed by atoms with Gasteiger partial charge in [-0.05, 0) is 18.1 Å². The molecule has 1 aliphatic rings. The molecule has 3 nitrogen and oxygen atoms in total. The van der Waals surface area contributed by atoms with Crippen molar-refractivity contribution in [2.24, 2.45) is 5.92 Å². The Morgan fingerprint density at radius 2 is 1.93 bits per heavy atom. The zero-order valence-corrected chi connectivity index (χ0v) is 8.72. The normalized spacial score (nSPS) is 16.7. The molecule has 1 aliphatic heterocycles. The summed E-state index contributed by atoms with van der Waals surface area (Å²) < 4.78 is 0. The molecule has 1 fully saturated rings. The van der Waals surface area contributed by atoms with Gasteiger partial charge in [-0.3, -0.25) is 4.98 Å². The largest absolute Gasteiger partial charge is 0.355 e. The van der Waals surface area contributed by atoms with Crippen molar-refractivity contribution in [3.8, 4) is 0 Å². The fraction of sp³-hybridized carbons (Fsp3) is 0.333. The molecule has 2 heterocycles. The Kier molecular flexibility index (Phi) is 1.84. The number of anilines is 1. The number of rotatable bonds is 1. The fourth-order valence-electron chi connectivity index (χ4n) is 1.99. The molecule has 3 heteroatoms. The van der Waals surface area contributed by atoms with Gasteiger partial charge in [0.15, 0.2) is 0 Å². The maximum atomic E-state index is 4.60. The molecule has 0 aliphatic carbocycles. The Morgan fingerprint density at radius 3 is 2.67 bits per heavy atom. The van der Waals surface area contributed by atoms with Gasteiger partial charge in [-0.2, -0.15) is 0 Å². The van der Waals surface area contributed by atoms with Gasteiger partial charge in [0.2, 0.25) is 0 Å². The smallest absolute Gasteiger partial charge is 0.147 e. The summed E-state index contributed by atoms with van der Waals surface area (Å²) in [6, 6.07) is 7.99. The number of benzene rings is 1. The lowest BCUT2D eigenvalue weighted by Gasteiger charge is -2.37. The predicted octanol–water partition coefficient (Wildman–Crippen LogP) is 2.09. The average molecular weight is 199 g/mol. The first-order chi connectivity index (χ1) is 7.33. The first-order valence-electron chi connectivity index (χ1n) is 5.29. The van der Waals surface area contributed by atoms with Gasteiger partial charge < -0.3 is 4.90 Å². The Balaban J connectivity index is 1.99. The minimum absolute atomic E-state index is 0.790. The number of aromatic nitrogens is 2. The van der Waals surface area contributed by atoms with Gasteiger partial charge >= 0.3 is 0 Å². The van der Waals surface area contributed by atoms with Gasteiger partial charge in [-0.15, -0.1) is 0 Å². The molecular formula is C12H13N3. The zero-order valence-electron chi connectivity index (χ0n) is 8.72. The molecule has 0 unspecified atom stereocenters. The third-order valence-corrected chi connectivity index (χ3v) is 2.82. The van der Waals surface area contributed by atoms with Crippen molar-refractivity contribution >= 4 is 16.9 Å². The second-order valence-corrected chi connectivity index (χ2v) is 4.23. The summed E-state index contributed by atoms with van der Waals surface area (Å²) in [5, 5.41) is 0. The topological polar surface area (TPSA) is 29.0 Å². The highest BCUT2D eigenvalue weighted by Gasteiger charge is 2.23. The van der Waals surface area contributed by atoms with Gasteiger partial charge in [0, 0.05) is 13.1 Å². The molecule has 2 aromatic rings. The number of fused-ring (bicyclic) bond motifs is 1. The van der Waals surface area contributed by atoms with Crippen LogP contribution >= 0.6 is 0 Å². The maximum Gasteiger partial charge on any atom is 0.147 e. The summed E-state index contributed by atoms with van der Waals surface area (Å²) in [5.74, 6) is 1.80. The van der Waals surface area contributed by atoms with Crippen LogP contribution in [-0.4, -0.2) is 23.1 Å². The van der Waals surface area contributed by atoms with Crippen LogP contribution in [0.3, 0.4) is 0 Å². The Labute approximate surface area is 88.8 Å². The molecule has 1 saturated heterocycles. The highest BCUT2D eigenvalue weighted by atomic mass is 15.2. The Hall–Kier alpha value is -1.64. The summed E-state index contributed by atoms with van der Waals surface area (Å²) in [6.07, 6.45) is 1.87. The van der Waals surface area contributed by atoms with Crippen LogP contribution in [0.2, 0.25) is 0 Å². The van der Waals surface area contributed by atoms with E-state index in [1.54, 1.807) is 0 Å². The molecule has 1 aromatic carbocycles. The molecule has 0 N–H and O–H groups in total. The van der Waals surface area contributed by atoms with E-state index in [4.69, 9.17) is 0 Å². The lowest BCUT2D eigenvalue weighted by atomic mass is 10.0. The van der Waals surface area contributed by atoms with E-state index in [2.05, 4.69) is 21.8 Å². The van der Waals surface area contributed by atoms with Gasteiger partial charge in [0.1, 0.15) is 5.82 Å². The lowest BCUT2D eigenvalue weighted by molar-refractivity contribution is 0.443. The van der Waals surface area contributed by atoms with Crippen molar-refractivity contribution < 1.29 is 0 Å². The van der Waals surface area contributed by atoms with E-state index in [9.17, 15) is 0 Å². The van der Waals surface area contributed by atoms with Crippen LogP contribution in [0.1, 0.15) is 6.92 Å². The highest BCUT2D eigenvalue weighted by molar-refractivity contribution is 5.75. The summed E-state index contributed by atoms with van der Waals surface area (Å²) in [7, 11) is 0. The highest BCUT2D eigenvalue weighted by Crippen LogP contribution is 2.22. The number of nitrogens with zero attached hydrogens (tertiary/aromatic N) is 3. The molecule has 0 amide bonds. The van der Waals surface area contributed by atoms with Crippen molar-refractivity contribution in [2.75, 3.05) is 18.0 Å². The van der Waals surface area contributed by atoms with Crippen molar-refractivity contribution in [3.63, 3.8) is 0 Å². The van der Waals surface area contributed by atoms with Crippen molar-refractivity contribution in [1.29, 1.82) is 0 Å². The van der Waals surface area contributed by atoms with Gasteiger partial charge in [-0.1, -0.05) is 19.1 Å². The monoisotopic (exact) mass is 199 g/mol. The molecule has 0 saturated carbocycles. The molecule has 1 aromatic heterocycles. The minimum Gasteiger partial charge on any atom is -0.355 e. The number of hydrogen-bond donors (Lipinski definition) is 0. The summed E-state index contributed by atoms with van der Waals surface area (Å²) in [4.78, 5) is 11.3. The van der Waals surface area contributed by atoms with Gasteiger partial charge in [0.25, 0.3) is 0 Å². The standard InChI is InChI=1S/C12H13N3/c1-9-7-15(8-9)12-6-13-10-4-2-3-5-11(10)14-12/h2-6,9H,7-8H2,1H3. The first kappa shape index (κ1) is 8.65. The zero-order chi connectivity index (χ0) is 10.3. The van der Waals surface area contributed by atoms with E-state index in [0.29, 0.717) is 0 Å². The molecule has 0 bridgehead atoms. The Morgan fingerprint density at radius 1 is 1.20 bits per heavy atom. The van der Waals surface area contributed by atoms with Gasteiger partial charge in [0.05, 0.1) is 17.2 Å². The summed E-state index contributed by atoms with van der Waals surface area (Å²) in [6.45, 7) is 4.46. The Bertz CT molecular complexity index is 489. The van der Waals surface area contributed by atoms with Crippen LogP contribution in [0.25, 0.3) is 11.0 Å². The number of hydrogen-bond acceptors (Lipinski definition) is 3. The first-order valence-corrected chi connectivity index (χ1v) is 5.29. The van der Waals surface area contributed by atoms with Crippen LogP contribution in [0, 0.1) is 5.92 Å². The minimum atomic E-state index is 0.790. The molecule has 76 valence electrons. The molecule has 0 radical (unpaired) electrons. The maximum absolute atomic E-state index is 4.60. The van der Waals surface area contributed by atoms with E-state index < -0.39 is 0 Å². The van der Waals surface area contributed by atoms with Crippen LogP contribution in [0.15, 0.2) is 30.5 Å². The quantitative estimate of drug-likeness (QED) is 0.704. The van der Waals surface area contributed by atoms with Crippen LogP contribution < -0.4 is 4.90 Å². The van der Waals surface area contributed by atoms with Crippen molar-refractivity contribution in [3.05, 3.63) is 30.5 Å². The third kappa shape index (κ3) is 1.44. The molecular weight excluding hydrogens is 186 g/mol. The summed E-state index contributed by atoms with van der Waals surface area (Å²) >= 11 is 0. The molecule has 0 atom stereocenters. The average Bonchev–Trinajstić information content (AvgIpc) is 2.24. The summed E-state index contributed by atoms with van der Waals surface area (Å²) in [5.41, 5.74) is 1.95. The van der Waals surface area contributed by atoms with Crippen molar-refractivity contribution in [2.45, 2.75) is 6.92 Å². The molecule has 0 spiro atoms. The second kappa shape index (κ2) is 3.19. The van der Waals surface area contributed by atoms with E-state index >= 15 is 0 Å². The molecule has 15 heavy (non-hydrogen) atoms. The van der Waals surface area contributed by atoms with Crippen LogP contribution in [0.4, 0.5) is 5.82 Å². The van der Waals surface area contributed by atoms with Crippen LogP contribution in [-0.2, 0) is 0 Å². The van der Waals surface area contributed by atoms with Crippen molar-refractivity contribution in [1.82, 2.24) is 9.97 Å². The third-order valence-electron chi connectivity index (χ3n) is 2.82. The van der Waals surface area contributed by atoms with Crippen LogP contribution in [0.5, 0.6) is 0 Å². The number of para-hydroxylation sites is 2. The van der Waals surface area contributed by atoms with Gasteiger partial charge in [-0.25, -0.2) is 4.98 Å². The SMILES string of the molecule is CC1CN(c2cnc3ccccc3n2)C1. The van der Waals surface area contributed by atoms with E-state index in [1.165, 1.54) is 0 Å². The van der Waals surface area contributed by atoms with E-state index in [1.807, 2.05) is 30.5 Å². The predicted molar refractivity (Wildman–Crippen MR) is 60.9 cm³/mol. The van der Waals surface area contributed by atoms with E-state index in [0.717, 1.165) is 35.9 Å². The lowest BCUT2D eigenvalue weighted by Crippen LogP contribution is -2.45. The molecule has 3 rings (SSSR count). The van der Waals surface area contributed by atoms with E-state index in [-0.39, 0.29) is 0 Å².